The van der Waals surface area contributed by atoms with E-state index < -0.39 is 17.9 Å². The molecule has 3 aromatic rings. The van der Waals surface area contributed by atoms with Crippen molar-refractivity contribution in [1.29, 1.82) is 0 Å². The van der Waals surface area contributed by atoms with Crippen molar-refractivity contribution in [2.75, 3.05) is 13.2 Å². The van der Waals surface area contributed by atoms with E-state index in [-0.39, 0.29) is 13.2 Å². The number of thiocarbonyl (C=S) groups is 1. The number of hydrazone groups is 1. The van der Waals surface area contributed by atoms with E-state index in [0.717, 1.165) is 22.6 Å². The fraction of sp³-hybridized carbons (Fsp3) is 0.267. The van der Waals surface area contributed by atoms with Crippen molar-refractivity contribution in [2.24, 2.45) is 5.10 Å². The van der Waals surface area contributed by atoms with Crippen LogP contribution in [0.3, 0.4) is 0 Å². The van der Waals surface area contributed by atoms with Crippen molar-refractivity contribution in [1.82, 2.24) is 20.6 Å². The first-order valence-corrected chi connectivity index (χ1v) is 13.4. The highest BCUT2D eigenvalue weighted by Crippen LogP contribution is 2.33. The van der Waals surface area contributed by atoms with Gasteiger partial charge < -0.3 is 24.7 Å². The predicted octanol–water partition coefficient (Wildman–Crippen LogP) is 4.29. The van der Waals surface area contributed by atoms with Crippen LogP contribution in [0.4, 0.5) is 0 Å². The normalized spacial score (nSPS) is 15.0. The number of allylic oxidation sites excluding steroid dienone is 1. The summed E-state index contributed by atoms with van der Waals surface area (Å²) in [6, 6.07) is 16.8. The third-order valence-electron chi connectivity index (χ3n) is 6.57. The van der Waals surface area contributed by atoms with Gasteiger partial charge in [0.15, 0.2) is 11.7 Å². The maximum Gasteiger partial charge on any atom is 0.338 e. The Bertz CT molecular complexity index is 1510. The standard InChI is InChI=1S/C30H33N5O4S/c1-6-38-29(37)27-20(4)32-30(40)33-28(27)23-12-8-10-14-25(23)39-17-26(36)34-31-16-22-15-19(3)35(21(22)5)24-13-9-7-11-18(24)2/h7-16,28H,6,17H2,1-5H3,(H,34,36)(H2,32,33,40)/t28-/m0/s1. The molecule has 0 fully saturated rings. The first-order chi connectivity index (χ1) is 19.2. The second kappa shape index (κ2) is 12.6. The number of hydrogen-bond acceptors (Lipinski definition) is 6. The van der Waals surface area contributed by atoms with Gasteiger partial charge in [-0.25, -0.2) is 10.2 Å². The molecule has 0 bridgehead atoms. The van der Waals surface area contributed by atoms with E-state index in [9.17, 15) is 9.59 Å². The highest BCUT2D eigenvalue weighted by Gasteiger charge is 2.32. The summed E-state index contributed by atoms with van der Waals surface area (Å²) < 4.78 is 13.3. The van der Waals surface area contributed by atoms with Crippen LogP contribution in [-0.2, 0) is 14.3 Å². The Hall–Kier alpha value is -4.44. The van der Waals surface area contributed by atoms with Crippen molar-refractivity contribution in [3.63, 3.8) is 0 Å². The van der Waals surface area contributed by atoms with E-state index in [1.165, 1.54) is 5.56 Å². The number of hydrogen-bond donors (Lipinski definition) is 3. The number of carbonyl (C=O) groups excluding carboxylic acids is 2. The number of para-hydroxylation sites is 2. The monoisotopic (exact) mass is 559 g/mol. The molecule has 9 nitrogen and oxygen atoms in total. The van der Waals surface area contributed by atoms with Gasteiger partial charge in [-0.15, -0.1) is 0 Å². The van der Waals surface area contributed by atoms with Crippen LogP contribution < -0.4 is 20.8 Å². The number of carbonyl (C=O) groups is 2. The van der Waals surface area contributed by atoms with Crippen LogP contribution >= 0.6 is 12.2 Å². The highest BCUT2D eigenvalue weighted by atomic mass is 32.1. The highest BCUT2D eigenvalue weighted by molar-refractivity contribution is 7.80. The summed E-state index contributed by atoms with van der Waals surface area (Å²) in [7, 11) is 0. The van der Waals surface area contributed by atoms with Crippen LogP contribution in [0.15, 0.2) is 71.0 Å². The lowest BCUT2D eigenvalue weighted by molar-refractivity contribution is -0.139. The Morgan fingerprint density at radius 3 is 2.58 bits per heavy atom. The van der Waals surface area contributed by atoms with Crippen molar-refractivity contribution >= 4 is 35.4 Å². The van der Waals surface area contributed by atoms with Gasteiger partial charge in [-0.3, -0.25) is 4.79 Å². The summed E-state index contributed by atoms with van der Waals surface area (Å²) in [5, 5.41) is 10.6. The molecule has 1 aliphatic heterocycles. The zero-order valence-corrected chi connectivity index (χ0v) is 24.0. The van der Waals surface area contributed by atoms with E-state index >= 15 is 0 Å². The molecule has 2 heterocycles. The first kappa shape index (κ1) is 28.6. The lowest BCUT2D eigenvalue weighted by atomic mass is 9.95. The molecule has 0 saturated carbocycles. The molecule has 4 rings (SSSR count). The molecule has 0 unspecified atom stereocenters. The molecule has 0 spiro atoms. The predicted molar refractivity (Wildman–Crippen MR) is 159 cm³/mol. The molecule has 1 atom stereocenters. The van der Waals surface area contributed by atoms with Crippen LogP contribution in [0.2, 0.25) is 0 Å². The van der Waals surface area contributed by atoms with E-state index in [1.807, 2.05) is 44.2 Å². The van der Waals surface area contributed by atoms with Crippen molar-refractivity contribution in [3.8, 4) is 11.4 Å². The Morgan fingerprint density at radius 1 is 1.10 bits per heavy atom. The minimum absolute atomic E-state index is 0.237. The van der Waals surface area contributed by atoms with Gasteiger partial charge >= 0.3 is 5.97 Å². The van der Waals surface area contributed by atoms with Gasteiger partial charge in [0.1, 0.15) is 5.75 Å². The molecule has 10 heteroatoms. The summed E-state index contributed by atoms with van der Waals surface area (Å²) in [6.07, 6.45) is 1.63. The molecular formula is C30H33N5O4S. The number of amides is 1. The first-order valence-electron chi connectivity index (χ1n) is 12.9. The lowest BCUT2D eigenvalue weighted by Crippen LogP contribution is -2.45. The van der Waals surface area contributed by atoms with Crippen LogP contribution in [-0.4, -0.2) is 41.0 Å². The van der Waals surface area contributed by atoms with Gasteiger partial charge in [-0.1, -0.05) is 36.4 Å². The number of aryl methyl sites for hydroxylation is 2. The van der Waals surface area contributed by atoms with Crippen molar-refractivity contribution in [2.45, 2.75) is 40.7 Å². The minimum atomic E-state index is -0.603. The van der Waals surface area contributed by atoms with Gasteiger partial charge in [-0.2, -0.15) is 5.10 Å². The number of esters is 1. The summed E-state index contributed by atoms with van der Waals surface area (Å²) >= 11 is 5.32. The molecule has 0 saturated heterocycles. The Morgan fingerprint density at radius 2 is 1.82 bits per heavy atom. The van der Waals surface area contributed by atoms with Crippen LogP contribution in [0.1, 0.15) is 48.0 Å². The third-order valence-corrected chi connectivity index (χ3v) is 6.79. The molecule has 0 radical (unpaired) electrons. The number of benzene rings is 2. The zero-order chi connectivity index (χ0) is 28.8. The van der Waals surface area contributed by atoms with E-state index in [4.69, 9.17) is 21.7 Å². The van der Waals surface area contributed by atoms with Crippen molar-refractivity contribution in [3.05, 3.63) is 93.9 Å². The number of nitrogens with one attached hydrogen (secondary N) is 3. The summed E-state index contributed by atoms with van der Waals surface area (Å²) in [4.78, 5) is 25.3. The maximum atomic E-state index is 12.7. The largest absolute Gasteiger partial charge is 0.483 e. The van der Waals surface area contributed by atoms with Gasteiger partial charge in [-0.05, 0) is 70.6 Å². The minimum Gasteiger partial charge on any atom is -0.483 e. The summed E-state index contributed by atoms with van der Waals surface area (Å²) in [6.45, 7) is 9.60. The third kappa shape index (κ3) is 6.23. The number of aromatic nitrogens is 1. The smallest absolute Gasteiger partial charge is 0.338 e. The van der Waals surface area contributed by atoms with Gasteiger partial charge in [0, 0.05) is 33.9 Å². The molecule has 1 aliphatic rings. The SMILES string of the molecule is CCOC(=O)C1=C(C)NC(=S)N[C@H]1c1ccccc1OCC(=O)NN=Cc1cc(C)n(-c2ccccc2C)c1C. The second-order valence-corrected chi connectivity index (χ2v) is 9.77. The maximum absolute atomic E-state index is 12.7. The fourth-order valence-corrected chi connectivity index (χ4v) is 4.98. The molecule has 3 N–H and O–H groups in total. The summed E-state index contributed by atoms with van der Waals surface area (Å²) in [5.41, 5.74) is 9.42. The molecule has 2 aromatic carbocycles. The lowest BCUT2D eigenvalue weighted by Gasteiger charge is -2.30. The van der Waals surface area contributed by atoms with Gasteiger partial charge in [0.25, 0.3) is 5.91 Å². The molecule has 40 heavy (non-hydrogen) atoms. The van der Waals surface area contributed by atoms with E-state index in [2.05, 4.69) is 44.8 Å². The Kier molecular flexibility index (Phi) is 9.00. The average Bonchev–Trinajstić information content (AvgIpc) is 3.20. The Labute approximate surface area is 239 Å². The van der Waals surface area contributed by atoms with Crippen molar-refractivity contribution < 1.29 is 19.1 Å². The van der Waals surface area contributed by atoms with Crippen LogP contribution in [0.5, 0.6) is 5.75 Å². The molecule has 0 aliphatic carbocycles. The average molecular weight is 560 g/mol. The fourth-order valence-electron chi connectivity index (χ4n) is 4.71. The number of ether oxygens (including phenoxy) is 2. The topological polar surface area (TPSA) is 106 Å². The van der Waals surface area contributed by atoms with Crippen LogP contribution in [0.25, 0.3) is 5.69 Å². The number of rotatable bonds is 9. The molecule has 208 valence electrons. The van der Waals surface area contributed by atoms with Gasteiger partial charge in [0.2, 0.25) is 0 Å². The zero-order valence-electron chi connectivity index (χ0n) is 23.2. The van der Waals surface area contributed by atoms with Crippen LogP contribution in [0, 0.1) is 20.8 Å². The van der Waals surface area contributed by atoms with Gasteiger partial charge in [0.05, 0.1) is 24.4 Å². The number of nitrogens with zero attached hydrogens (tertiary/aromatic N) is 2. The molecular weight excluding hydrogens is 526 g/mol. The van der Waals surface area contributed by atoms with E-state index in [0.29, 0.717) is 27.7 Å². The quantitative estimate of drug-likeness (QED) is 0.155. The molecule has 1 amide bonds. The summed E-state index contributed by atoms with van der Waals surface area (Å²) in [5.74, 6) is -0.457. The second-order valence-electron chi connectivity index (χ2n) is 9.36. The molecule has 1 aromatic heterocycles. The van der Waals surface area contributed by atoms with E-state index in [1.54, 1.807) is 32.2 Å². The Balaban J connectivity index is 1.45.